The molecule has 0 spiro atoms. The van der Waals surface area contributed by atoms with Crippen LogP contribution in [-0.4, -0.2) is 56.6 Å². The largest absolute Gasteiger partial charge is 0.343 e. The molecule has 0 aliphatic rings. The van der Waals surface area contributed by atoms with Crippen LogP contribution in [0, 0.1) is 0 Å². The van der Waals surface area contributed by atoms with Crippen molar-refractivity contribution in [3.8, 4) is 0 Å². The van der Waals surface area contributed by atoms with E-state index < -0.39 is 10.2 Å². The summed E-state index contributed by atoms with van der Waals surface area (Å²) in [6, 6.07) is 0. The molecule has 0 aliphatic heterocycles. The van der Waals surface area contributed by atoms with Gasteiger partial charge in [0.05, 0.1) is 0 Å². The van der Waals surface area contributed by atoms with Gasteiger partial charge >= 0.3 is 0 Å². The maximum absolute atomic E-state index is 11.8. The fourth-order valence-electron chi connectivity index (χ4n) is 1.30. The highest BCUT2D eigenvalue weighted by atomic mass is 32.2. The summed E-state index contributed by atoms with van der Waals surface area (Å²) in [6.07, 6.45) is 2.38. The Hall–Kier alpha value is -1.03. The summed E-state index contributed by atoms with van der Waals surface area (Å²) in [5.74, 6) is 0.482. The second-order valence-electron chi connectivity index (χ2n) is 3.78. The summed E-state index contributed by atoms with van der Waals surface area (Å²) in [4.78, 5) is 3.81. The smallest absolute Gasteiger partial charge is 0.279 e. The quantitative estimate of drug-likeness (QED) is 0.561. The standard InChI is InChI=1S/C9H19N5O3S/c1-10-5-3-7-14(2)18(15,16)12-6-4-9-11-8-17-13-9/h8,10,12H,3-7H2,1-2H3. The number of nitrogens with zero attached hydrogens (tertiary/aromatic N) is 3. The fraction of sp³-hybridized carbons (Fsp3) is 0.778. The lowest BCUT2D eigenvalue weighted by atomic mass is 10.4. The van der Waals surface area contributed by atoms with Crippen molar-refractivity contribution in [2.24, 2.45) is 0 Å². The molecule has 0 atom stereocenters. The average Bonchev–Trinajstić information content (AvgIpc) is 2.82. The van der Waals surface area contributed by atoms with Gasteiger partial charge in [-0.2, -0.15) is 17.7 Å². The Morgan fingerprint density at radius 3 is 2.83 bits per heavy atom. The van der Waals surface area contributed by atoms with E-state index in [0.717, 1.165) is 13.0 Å². The lowest BCUT2D eigenvalue weighted by molar-refractivity contribution is 0.409. The van der Waals surface area contributed by atoms with Crippen LogP contribution in [0.1, 0.15) is 12.2 Å². The fourth-order valence-corrected chi connectivity index (χ4v) is 2.25. The number of hydrogen-bond acceptors (Lipinski definition) is 6. The molecule has 0 bridgehead atoms. The van der Waals surface area contributed by atoms with E-state index in [1.165, 1.54) is 10.7 Å². The highest BCUT2D eigenvalue weighted by molar-refractivity contribution is 7.87. The first-order chi connectivity index (χ1) is 8.56. The van der Waals surface area contributed by atoms with E-state index >= 15 is 0 Å². The Kier molecular flexibility index (Phi) is 6.19. The van der Waals surface area contributed by atoms with Crippen LogP contribution in [0.5, 0.6) is 0 Å². The molecule has 0 aliphatic carbocycles. The van der Waals surface area contributed by atoms with Gasteiger partial charge in [0.15, 0.2) is 5.82 Å². The third-order valence-corrected chi connectivity index (χ3v) is 3.92. The molecular formula is C9H19N5O3S. The second kappa shape index (κ2) is 7.41. The molecule has 0 radical (unpaired) electrons. The summed E-state index contributed by atoms with van der Waals surface area (Å²) in [5.41, 5.74) is 0. The second-order valence-corrected chi connectivity index (χ2v) is 5.64. The van der Waals surface area contributed by atoms with Gasteiger partial charge in [-0.25, -0.2) is 4.72 Å². The Bertz CT molecular complexity index is 419. The minimum atomic E-state index is -3.42. The van der Waals surface area contributed by atoms with Gasteiger partial charge in [0.1, 0.15) is 0 Å². The Balaban J connectivity index is 2.30. The third-order valence-electron chi connectivity index (χ3n) is 2.35. The molecule has 2 N–H and O–H groups in total. The number of aromatic nitrogens is 2. The van der Waals surface area contributed by atoms with E-state index in [1.54, 1.807) is 7.05 Å². The van der Waals surface area contributed by atoms with Crippen LogP contribution >= 0.6 is 0 Å². The molecule has 0 saturated heterocycles. The van der Waals surface area contributed by atoms with Gasteiger partial charge in [-0.1, -0.05) is 5.16 Å². The lowest BCUT2D eigenvalue weighted by Gasteiger charge is -2.17. The maximum Gasteiger partial charge on any atom is 0.279 e. The maximum atomic E-state index is 11.8. The van der Waals surface area contributed by atoms with E-state index in [2.05, 4.69) is 24.7 Å². The molecule has 1 aromatic rings. The van der Waals surface area contributed by atoms with E-state index in [-0.39, 0.29) is 6.54 Å². The number of hydrogen-bond donors (Lipinski definition) is 2. The van der Waals surface area contributed by atoms with Gasteiger partial charge in [-0.3, -0.25) is 0 Å². The lowest BCUT2D eigenvalue weighted by Crippen LogP contribution is -2.40. The summed E-state index contributed by atoms with van der Waals surface area (Å²) in [5, 5.41) is 6.57. The molecule has 9 heteroatoms. The van der Waals surface area contributed by atoms with Crippen LogP contribution in [0.15, 0.2) is 10.9 Å². The van der Waals surface area contributed by atoms with Crippen molar-refractivity contribution < 1.29 is 12.9 Å². The van der Waals surface area contributed by atoms with Gasteiger partial charge in [0.25, 0.3) is 10.2 Å². The molecule has 18 heavy (non-hydrogen) atoms. The van der Waals surface area contributed by atoms with Crippen molar-refractivity contribution in [1.29, 1.82) is 0 Å². The molecule has 1 rings (SSSR count). The summed E-state index contributed by atoms with van der Waals surface area (Å²) < 4.78 is 31.9. The highest BCUT2D eigenvalue weighted by Gasteiger charge is 2.16. The molecule has 0 aromatic carbocycles. The van der Waals surface area contributed by atoms with Crippen LogP contribution in [0.2, 0.25) is 0 Å². The Morgan fingerprint density at radius 2 is 2.22 bits per heavy atom. The van der Waals surface area contributed by atoms with Crippen molar-refractivity contribution >= 4 is 10.2 Å². The monoisotopic (exact) mass is 277 g/mol. The van der Waals surface area contributed by atoms with Crippen LogP contribution in [0.25, 0.3) is 0 Å². The average molecular weight is 277 g/mol. The topological polar surface area (TPSA) is 100 Å². The van der Waals surface area contributed by atoms with Crippen molar-refractivity contribution in [3.05, 3.63) is 12.2 Å². The summed E-state index contributed by atoms with van der Waals surface area (Å²) in [7, 11) is -0.0456. The molecule has 8 nitrogen and oxygen atoms in total. The van der Waals surface area contributed by atoms with Crippen molar-refractivity contribution in [1.82, 2.24) is 24.5 Å². The molecule has 1 aromatic heterocycles. The summed E-state index contributed by atoms with van der Waals surface area (Å²) >= 11 is 0. The Morgan fingerprint density at radius 1 is 1.44 bits per heavy atom. The molecular weight excluding hydrogens is 258 g/mol. The molecule has 0 unspecified atom stereocenters. The van der Waals surface area contributed by atoms with Crippen LogP contribution in [0.3, 0.4) is 0 Å². The molecule has 1 heterocycles. The van der Waals surface area contributed by atoms with E-state index in [4.69, 9.17) is 0 Å². The molecule has 104 valence electrons. The van der Waals surface area contributed by atoms with Gasteiger partial charge < -0.3 is 9.84 Å². The summed E-state index contributed by atoms with van der Waals surface area (Å²) in [6.45, 7) is 1.50. The van der Waals surface area contributed by atoms with E-state index in [9.17, 15) is 8.42 Å². The van der Waals surface area contributed by atoms with Gasteiger partial charge in [-0.05, 0) is 20.0 Å². The van der Waals surface area contributed by atoms with Crippen LogP contribution < -0.4 is 10.0 Å². The normalized spacial score (nSPS) is 12.2. The minimum Gasteiger partial charge on any atom is -0.343 e. The van der Waals surface area contributed by atoms with Gasteiger partial charge in [-0.15, -0.1) is 0 Å². The first-order valence-electron chi connectivity index (χ1n) is 5.67. The first kappa shape index (κ1) is 15.0. The highest BCUT2D eigenvalue weighted by Crippen LogP contribution is 1.96. The zero-order valence-corrected chi connectivity index (χ0v) is 11.4. The van der Waals surface area contributed by atoms with Crippen LogP contribution in [0.4, 0.5) is 0 Å². The predicted molar refractivity (Wildman–Crippen MR) is 66.1 cm³/mol. The van der Waals surface area contributed by atoms with Crippen molar-refractivity contribution in [2.75, 3.05) is 33.7 Å². The van der Waals surface area contributed by atoms with Crippen molar-refractivity contribution in [2.45, 2.75) is 12.8 Å². The number of rotatable bonds is 9. The Labute approximate surface area is 107 Å². The van der Waals surface area contributed by atoms with E-state index in [1.807, 2.05) is 7.05 Å². The third kappa shape index (κ3) is 5.08. The van der Waals surface area contributed by atoms with Crippen LogP contribution in [-0.2, 0) is 16.6 Å². The zero-order valence-electron chi connectivity index (χ0n) is 10.6. The zero-order chi connectivity index (χ0) is 13.4. The molecule has 0 amide bonds. The number of nitrogens with one attached hydrogen (secondary N) is 2. The van der Waals surface area contributed by atoms with Crippen molar-refractivity contribution in [3.63, 3.8) is 0 Å². The minimum absolute atomic E-state index is 0.248. The SMILES string of the molecule is CNCCCN(C)S(=O)(=O)NCCc1ncon1. The molecule has 0 saturated carbocycles. The van der Waals surface area contributed by atoms with E-state index in [0.29, 0.717) is 18.8 Å². The van der Waals surface area contributed by atoms with Gasteiger partial charge in [0.2, 0.25) is 6.39 Å². The predicted octanol–water partition coefficient (Wildman–Crippen LogP) is -1.01. The molecule has 0 fully saturated rings. The van der Waals surface area contributed by atoms with Gasteiger partial charge in [0, 0.05) is 26.6 Å². The first-order valence-corrected chi connectivity index (χ1v) is 7.11.